The van der Waals surface area contributed by atoms with Crippen molar-refractivity contribution in [2.24, 2.45) is 11.8 Å². The second kappa shape index (κ2) is 8.97. The topological polar surface area (TPSA) is 12.0 Å². The first-order valence-electron chi connectivity index (χ1n) is 8.03. The third-order valence-corrected chi connectivity index (χ3v) is 4.49. The van der Waals surface area contributed by atoms with Crippen LogP contribution in [0.15, 0.2) is 0 Å². The van der Waals surface area contributed by atoms with Gasteiger partial charge in [0.2, 0.25) is 0 Å². The van der Waals surface area contributed by atoms with Gasteiger partial charge in [-0.3, -0.25) is 0 Å². The Morgan fingerprint density at radius 2 is 2.00 bits per heavy atom. The molecule has 0 bridgehead atoms. The number of hydrogen-bond acceptors (Lipinski definition) is 1. The zero-order valence-electron chi connectivity index (χ0n) is 12.3. The molecule has 1 fully saturated rings. The van der Waals surface area contributed by atoms with Crippen LogP contribution in [-0.4, -0.2) is 12.6 Å². The molecule has 102 valence electrons. The summed E-state index contributed by atoms with van der Waals surface area (Å²) in [4.78, 5) is 0. The van der Waals surface area contributed by atoms with Gasteiger partial charge in [0.1, 0.15) is 0 Å². The van der Waals surface area contributed by atoms with Crippen LogP contribution in [0.1, 0.15) is 78.6 Å². The first-order chi connectivity index (χ1) is 8.30. The van der Waals surface area contributed by atoms with Crippen molar-refractivity contribution in [3.63, 3.8) is 0 Å². The monoisotopic (exact) mass is 239 g/mol. The van der Waals surface area contributed by atoms with Crippen LogP contribution < -0.4 is 5.32 Å². The van der Waals surface area contributed by atoms with Crippen LogP contribution in [0, 0.1) is 11.8 Å². The highest BCUT2D eigenvalue weighted by Crippen LogP contribution is 2.32. The van der Waals surface area contributed by atoms with E-state index in [-0.39, 0.29) is 0 Å². The first kappa shape index (κ1) is 15.0. The molecule has 0 spiro atoms. The van der Waals surface area contributed by atoms with Crippen LogP contribution in [0.4, 0.5) is 0 Å². The van der Waals surface area contributed by atoms with Gasteiger partial charge in [-0.15, -0.1) is 0 Å². The Morgan fingerprint density at radius 3 is 2.65 bits per heavy atom. The lowest BCUT2D eigenvalue weighted by Crippen LogP contribution is -2.34. The summed E-state index contributed by atoms with van der Waals surface area (Å²) in [6, 6.07) is 0.822. The van der Waals surface area contributed by atoms with Crippen LogP contribution in [0.2, 0.25) is 0 Å². The predicted molar refractivity (Wildman–Crippen MR) is 77.3 cm³/mol. The van der Waals surface area contributed by atoms with E-state index in [0.717, 1.165) is 24.4 Å². The summed E-state index contributed by atoms with van der Waals surface area (Å²) >= 11 is 0. The van der Waals surface area contributed by atoms with Crippen molar-refractivity contribution in [3.8, 4) is 0 Å². The van der Waals surface area contributed by atoms with Gasteiger partial charge in [-0.1, -0.05) is 59.3 Å². The highest BCUT2D eigenvalue weighted by molar-refractivity contribution is 4.79. The van der Waals surface area contributed by atoms with E-state index in [0.29, 0.717) is 0 Å². The molecule has 0 amide bonds. The molecule has 1 saturated carbocycles. The fraction of sp³-hybridized carbons (Fsp3) is 1.00. The Kier molecular flexibility index (Phi) is 7.92. The molecule has 0 radical (unpaired) electrons. The van der Waals surface area contributed by atoms with Gasteiger partial charge in [-0.2, -0.15) is 0 Å². The maximum absolute atomic E-state index is 3.65. The summed E-state index contributed by atoms with van der Waals surface area (Å²) < 4.78 is 0. The van der Waals surface area contributed by atoms with Crippen molar-refractivity contribution in [1.29, 1.82) is 0 Å². The van der Waals surface area contributed by atoms with Gasteiger partial charge >= 0.3 is 0 Å². The number of rotatable bonds is 8. The zero-order valence-corrected chi connectivity index (χ0v) is 12.3. The minimum absolute atomic E-state index is 0.822. The van der Waals surface area contributed by atoms with Gasteiger partial charge in [0.25, 0.3) is 0 Å². The Morgan fingerprint density at radius 1 is 1.18 bits per heavy atom. The van der Waals surface area contributed by atoms with Gasteiger partial charge in [-0.25, -0.2) is 0 Å². The lowest BCUT2D eigenvalue weighted by atomic mass is 9.78. The summed E-state index contributed by atoms with van der Waals surface area (Å²) in [5.74, 6) is 2.01. The lowest BCUT2D eigenvalue weighted by molar-refractivity contribution is 0.235. The van der Waals surface area contributed by atoms with Crippen molar-refractivity contribution >= 4 is 0 Å². The molecule has 0 aromatic carbocycles. The summed E-state index contributed by atoms with van der Waals surface area (Å²) in [5.41, 5.74) is 0. The van der Waals surface area contributed by atoms with Crippen molar-refractivity contribution in [1.82, 2.24) is 5.32 Å². The molecular weight excluding hydrogens is 206 g/mol. The standard InChI is InChI=1S/C16H33N/c1-4-7-9-14(5-2)12-15-10-8-11-16(13-15)17-6-3/h14-17H,4-13H2,1-3H3. The highest BCUT2D eigenvalue weighted by atomic mass is 14.9. The van der Waals surface area contributed by atoms with Gasteiger partial charge in [0.05, 0.1) is 0 Å². The molecule has 1 aliphatic rings. The Balaban J connectivity index is 2.27. The summed E-state index contributed by atoms with van der Waals surface area (Å²) in [6.45, 7) is 8.07. The van der Waals surface area contributed by atoms with E-state index in [1.807, 2.05) is 0 Å². The molecule has 0 aliphatic heterocycles. The molecule has 3 atom stereocenters. The third-order valence-electron chi connectivity index (χ3n) is 4.49. The van der Waals surface area contributed by atoms with E-state index in [1.165, 1.54) is 57.8 Å². The average Bonchev–Trinajstić information content (AvgIpc) is 2.35. The van der Waals surface area contributed by atoms with Crippen LogP contribution in [-0.2, 0) is 0 Å². The maximum atomic E-state index is 3.65. The minimum Gasteiger partial charge on any atom is -0.314 e. The molecule has 0 heterocycles. The number of hydrogen-bond donors (Lipinski definition) is 1. The number of unbranched alkanes of at least 4 members (excludes halogenated alkanes) is 1. The molecule has 1 aliphatic carbocycles. The molecule has 17 heavy (non-hydrogen) atoms. The quantitative estimate of drug-likeness (QED) is 0.644. The molecular formula is C16H33N. The molecule has 1 rings (SSSR count). The van der Waals surface area contributed by atoms with E-state index >= 15 is 0 Å². The molecule has 0 aromatic heterocycles. The zero-order chi connectivity index (χ0) is 12.5. The predicted octanol–water partition coefficient (Wildman–Crippen LogP) is 4.76. The number of nitrogens with one attached hydrogen (secondary N) is 1. The van der Waals surface area contributed by atoms with Crippen LogP contribution in [0.3, 0.4) is 0 Å². The fourth-order valence-corrected chi connectivity index (χ4v) is 3.43. The largest absolute Gasteiger partial charge is 0.314 e. The van der Waals surface area contributed by atoms with Crippen LogP contribution in [0.5, 0.6) is 0 Å². The Labute approximate surface area is 109 Å². The van der Waals surface area contributed by atoms with Gasteiger partial charge < -0.3 is 5.32 Å². The molecule has 1 nitrogen and oxygen atoms in total. The van der Waals surface area contributed by atoms with Crippen molar-refractivity contribution in [3.05, 3.63) is 0 Å². The average molecular weight is 239 g/mol. The summed E-state index contributed by atoms with van der Waals surface area (Å²) in [6.07, 6.45) is 12.9. The summed E-state index contributed by atoms with van der Waals surface area (Å²) in [5, 5.41) is 3.65. The van der Waals surface area contributed by atoms with Gasteiger partial charge in [0.15, 0.2) is 0 Å². The van der Waals surface area contributed by atoms with Crippen molar-refractivity contribution in [2.45, 2.75) is 84.6 Å². The minimum atomic E-state index is 0.822. The molecule has 0 aromatic rings. The molecule has 1 N–H and O–H groups in total. The van der Waals surface area contributed by atoms with E-state index in [4.69, 9.17) is 0 Å². The third kappa shape index (κ3) is 5.90. The van der Waals surface area contributed by atoms with Crippen molar-refractivity contribution < 1.29 is 0 Å². The summed E-state index contributed by atoms with van der Waals surface area (Å²) in [7, 11) is 0. The van der Waals surface area contributed by atoms with E-state index in [2.05, 4.69) is 26.1 Å². The van der Waals surface area contributed by atoms with E-state index in [9.17, 15) is 0 Å². The molecule has 0 saturated heterocycles. The first-order valence-corrected chi connectivity index (χ1v) is 8.03. The van der Waals surface area contributed by atoms with E-state index in [1.54, 1.807) is 0 Å². The molecule has 3 unspecified atom stereocenters. The Hall–Kier alpha value is -0.0400. The fourth-order valence-electron chi connectivity index (χ4n) is 3.43. The second-order valence-electron chi connectivity index (χ2n) is 5.94. The van der Waals surface area contributed by atoms with Crippen LogP contribution >= 0.6 is 0 Å². The van der Waals surface area contributed by atoms with E-state index < -0.39 is 0 Å². The maximum Gasteiger partial charge on any atom is 0.00695 e. The Bertz CT molecular complexity index is 176. The SMILES string of the molecule is CCCCC(CC)CC1CCCC(NCC)C1. The smallest absolute Gasteiger partial charge is 0.00695 e. The normalized spacial score (nSPS) is 27.0. The van der Waals surface area contributed by atoms with Gasteiger partial charge in [-0.05, 0) is 37.6 Å². The second-order valence-corrected chi connectivity index (χ2v) is 5.94. The molecule has 1 heteroatoms. The van der Waals surface area contributed by atoms with Gasteiger partial charge in [0, 0.05) is 6.04 Å². The highest BCUT2D eigenvalue weighted by Gasteiger charge is 2.23. The van der Waals surface area contributed by atoms with Crippen LogP contribution in [0.25, 0.3) is 0 Å². The lowest BCUT2D eigenvalue weighted by Gasteiger charge is -2.32. The van der Waals surface area contributed by atoms with Crippen molar-refractivity contribution in [2.75, 3.05) is 6.54 Å².